The SMILES string of the molecule is CCc1cc(NC(=O)C(=O)NCC(C)(O)c2ccsc2)ccc1C. The molecule has 24 heavy (non-hydrogen) atoms. The molecule has 2 amide bonds. The van der Waals surface area contributed by atoms with Gasteiger partial charge in [0.15, 0.2) is 0 Å². The van der Waals surface area contributed by atoms with E-state index in [0.29, 0.717) is 11.3 Å². The van der Waals surface area contributed by atoms with E-state index in [2.05, 4.69) is 10.6 Å². The molecule has 0 aliphatic carbocycles. The van der Waals surface area contributed by atoms with Gasteiger partial charge in [0.2, 0.25) is 0 Å². The van der Waals surface area contributed by atoms with Crippen molar-refractivity contribution in [2.45, 2.75) is 32.8 Å². The molecule has 128 valence electrons. The van der Waals surface area contributed by atoms with Crippen LogP contribution >= 0.6 is 11.3 Å². The third kappa shape index (κ3) is 4.43. The minimum atomic E-state index is -1.21. The van der Waals surface area contributed by atoms with Crippen LogP contribution in [0.1, 0.15) is 30.5 Å². The van der Waals surface area contributed by atoms with Crippen molar-refractivity contribution in [3.63, 3.8) is 0 Å². The van der Waals surface area contributed by atoms with E-state index in [0.717, 1.165) is 17.5 Å². The molecule has 1 unspecified atom stereocenters. The first kappa shape index (κ1) is 18.2. The lowest BCUT2D eigenvalue weighted by molar-refractivity contribution is -0.136. The Hall–Kier alpha value is -2.18. The van der Waals surface area contributed by atoms with Crippen LogP contribution in [0.15, 0.2) is 35.0 Å². The summed E-state index contributed by atoms with van der Waals surface area (Å²) in [7, 11) is 0. The average molecular weight is 346 g/mol. The van der Waals surface area contributed by atoms with Crippen LogP contribution in [-0.4, -0.2) is 23.5 Å². The fourth-order valence-electron chi connectivity index (χ4n) is 2.32. The fraction of sp³-hybridized carbons (Fsp3) is 0.333. The van der Waals surface area contributed by atoms with Crippen LogP contribution in [0, 0.1) is 6.92 Å². The number of aliphatic hydroxyl groups is 1. The zero-order chi connectivity index (χ0) is 17.7. The highest BCUT2D eigenvalue weighted by Crippen LogP contribution is 2.22. The van der Waals surface area contributed by atoms with Crippen LogP contribution in [0.2, 0.25) is 0 Å². The molecule has 1 aromatic carbocycles. The highest BCUT2D eigenvalue weighted by molar-refractivity contribution is 7.08. The van der Waals surface area contributed by atoms with Crippen molar-refractivity contribution in [2.24, 2.45) is 0 Å². The predicted octanol–water partition coefficient (Wildman–Crippen LogP) is 2.58. The van der Waals surface area contributed by atoms with Gasteiger partial charge in [-0.25, -0.2) is 0 Å². The molecule has 1 aromatic heterocycles. The van der Waals surface area contributed by atoms with Crippen molar-refractivity contribution in [1.82, 2.24) is 5.32 Å². The van der Waals surface area contributed by atoms with Crippen LogP contribution in [0.4, 0.5) is 5.69 Å². The van der Waals surface area contributed by atoms with Gasteiger partial charge in [-0.1, -0.05) is 13.0 Å². The quantitative estimate of drug-likeness (QED) is 0.728. The van der Waals surface area contributed by atoms with E-state index in [9.17, 15) is 14.7 Å². The summed E-state index contributed by atoms with van der Waals surface area (Å²) in [6.45, 7) is 5.60. The van der Waals surface area contributed by atoms with Gasteiger partial charge in [0.25, 0.3) is 0 Å². The van der Waals surface area contributed by atoms with Gasteiger partial charge in [0.05, 0.1) is 6.54 Å². The topological polar surface area (TPSA) is 78.4 Å². The van der Waals surface area contributed by atoms with Crippen molar-refractivity contribution in [3.05, 3.63) is 51.7 Å². The fourth-order valence-corrected chi connectivity index (χ4v) is 3.11. The Kier molecular flexibility index (Phi) is 5.75. The van der Waals surface area contributed by atoms with Crippen molar-refractivity contribution >= 4 is 28.8 Å². The van der Waals surface area contributed by atoms with E-state index in [1.165, 1.54) is 11.3 Å². The van der Waals surface area contributed by atoms with E-state index >= 15 is 0 Å². The van der Waals surface area contributed by atoms with E-state index in [1.807, 2.05) is 36.7 Å². The van der Waals surface area contributed by atoms with Crippen molar-refractivity contribution in [2.75, 3.05) is 11.9 Å². The number of hydrogen-bond donors (Lipinski definition) is 3. The van der Waals surface area contributed by atoms with Gasteiger partial charge in [-0.05, 0) is 65.9 Å². The monoisotopic (exact) mass is 346 g/mol. The van der Waals surface area contributed by atoms with Crippen LogP contribution in [0.25, 0.3) is 0 Å². The molecule has 6 heteroatoms. The largest absolute Gasteiger partial charge is 0.384 e. The second-order valence-electron chi connectivity index (χ2n) is 5.92. The molecule has 2 rings (SSSR count). The summed E-state index contributed by atoms with van der Waals surface area (Å²) in [5.74, 6) is -1.52. The summed E-state index contributed by atoms with van der Waals surface area (Å²) in [4.78, 5) is 24.0. The Labute approximate surface area is 145 Å². The van der Waals surface area contributed by atoms with Gasteiger partial charge >= 0.3 is 11.8 Å². The van der Waals surface area contributed by atoms with Crippen LogP contribution in [0.3, 0.4) is 0 Å². The van der Waals surface area contributed by atoms with Gasteiger partial charge < -0.3 is 15.7 Å². The molecule has 0 aliphatic heterocycles. The number of carbonyl (C=O) groups excluding carboxylic acids is 2. The van der Waals surface area contributed by atoms with Crippen LogP contribution in [0.5, 0.6) is 0 Å². The number of carbonyl (C=O) groups is 2. The molecule has 0 aliphatic rings. The van der Waals surface area contributed by atoms with E-state index < -0.39 is 17.4 Å². The molecule has 0 fully saturated rings. The molecule has 1 heterocycles. The van der Waals surface area contributed by atoms with Crippen molar-refractivity contribution in [3.8, 4) is 0 Å². The molecule has 0 bridgehead atoms. The number of thiophene rings is 1. The second-order valence-corrected chi connectivity index (χ2v) is 6.70. The summed E-state index contributed by atoms with van der Waals surface area (Å²) in [5.41, 5.74) is 2.34. The maximum atomic E-state index is 12.0. The summed E-state index contributed by atoms with van der Waals surface area (Å²) in [5, 5.41) is 19.1. The minimum Gasteiger partial charge on any atom is -0.384 e. The molecule has 0 radical (unpaired) electrons. The number of rotatable bonds is 5. The van der Waals surface area contributed by atoms with Crippen LogP contribution < -0.4 is 10.6 Å². The van der Waals surface area contributed by atoms with E-state index in [4.69, 9.17) is 0 Å². The second kappa shape index (κ2) is 7.59. The highest BCUT2D eigenvalue weighted by Gasteiger charge is 2.25. The molecule has 0 spiro atoms. The van der Waals surface area contributed by atoms with Gasteiger partial charge in [0.1, 0.15) is 5.60 Å². The molecule has 3 N–H and O–H groups in total. The Bertz CT molecular complexity index is 724. The first-order chi connectivity index (χ1) is 11.3. The molecule has 0 saturated carbocycles. The molecule has 5 nitrogen and oxygen atoms in total. The lowest BCUT2D eigenvalue weighted by Gasteiger charge is -2.22. The first-order valence-electron chi connectivity index (χ1n) is 7.77. The van der Waals surface area contributed by atoms with Crippen LogP contribution in [-0.2, 0) is 21.6 Å². The Morgan fingerprint density at radius 3 is 2.62 bits per heavy atom. The smallest absolute Gasteiger partial charge is 0.313 e. The number of nitrogens with one attached hydrogen (secondary N) is 2. The zero-order valence-electron chi connectivity index (χ0n) is 14.1. The molecular formula is C18H22N2O3S. The Balaban J connectivity index is 1.94. The minimum absolute atomic E-state index is 0.0376. The van der Waals surface area contributed by atoms with E-state index in [-0.39, 0.29) is 6.54 Å². The third-order valence-corrected chi connectivity index (χ3v) is 4.61. The molecule has 2 aromatic rings. The summed E-state index contributed by atoms with van der Waals surface area (Å²) in [6, 6.07) is 7.33. The predicted molar refractivity (Wildman–Crippen MR) is 96.1 cm³/mol. The number of aryl methyl sites for hydroxylation is 2. The lowest BCUT2D eigenvalue weighted by atomic mass is 9.99. The standard InChI is InChI=1S/C18H22N2O3S/c1-4-13-9-15(6-5-12(13)2)20-17(22)16(21)19-11-18(3,23)14-7-8-24-10-14/h5-10,23H,4,11H2,1-3H3,(H,19,21)(H,20,22). The van der Waals surface area contributed by atoms with Crippen molar-refractivity contribution < 1.29 is 14.7 Å². The van der Waals surface area contributed by atoms with Crippen molar-refractivity contribution in [1.29, 1.82) is 0 Å². The zero-order valence-corrected chi connectivity index (χ0v) is 14.9. The van der Waals surface area contributed by atoms with Gasteiger partial charge in [-0.3, -0.25) is 9.59 Å². The van der Waals surface area contributed by atoms with E-state index in [1.54, 1.807) is 19.1 Å². The Morgan fingerprint density at radius 2 is 2.00 bits per heavy atom. The number of amides is 2. The van der Waals surface area contributed by atoms with Gasteiger partial charge in [0, 0.05) is 5.69 Å². The lowest BCUT2D eigenvalue weighted by Crippen LogP contribution is -2.43. The van der Waals surface area contributed by atoms with Gasteiger partial charge in [-0.2, -0.15) is 11.3 Å². The Morgan fingerprint density at radius 1 is 1.25 bits per heavy atom. The number of hydrogen-bond acceptors (Lipinski definition) is 4. The maximum absolute atomic E-state index is 12.0. The summed E-state index contributed by atoms with van der Waals surface area (Å²) >= 11 is 1.46. The number of benzene rings is 1. The normalized spacial score (nSPS) is 13.2. The highest BCUT2D eigenvalue weighted by atomic mass is 32.1. The third-order valence-electron chi connectivity index (χ3n) is 3.93. The summed E-state index contributed by atoms with van der Waals surface area (Å²) < 4.78 is 0. The molecule has 1 atom stereocenters. The number of anilines is 1. The van der Waals surface area contributed by atoms with Gasteiger partial charge in [-0.15, -0.1) is 0 Å². The average Bonchev–Trinajstić information content (AvgIpc) is 3.09. The first-order valence-corrected chi connectivity index (χ1v) is 8.71. The maximum Gasteiger partial charge on any atom is 0.313 e. The molecular weight excluding hydrogens is 324 g/mol. The summed E-state index contributed by atoms with van der Waals surface area (Å²) in [6.07, 6.45) is 0.852. The molecule has 0 saturated heterocycles.